The van der Waals surface area contributed by atoms with Gasteiger partial charge in [0.05, 0.1) is 5.69 Å². The number of hydrogen-bond donors (Lipinski definition) is 1. The average molecular weight is 488 g/mol. The molecule has 1 unspecified atom stereocenters. The summed E-state index contributed by atoms with van der Waals surface area (Å²) in [5.41, 5.74) is 0.365. The molecule has 3 heterocycles. The lowest BCUT2D eigenvalue weighted by Gasteiger charge is -2.28. The average Bonchev–Trinajstić information content (AvgIpc) is 3.19. The molecule has 1 atom stereocenters. The van der Waals surface area contributed by atoms with Crippen LogP contribution < -0.4 is 9.62 Å². The number of nitrogens with one attached hydrogen (secondary N) is 1. The molecule has 10 heteroatoms. The van der Waals surface area contributed by atoms with Crippen molar-refractivity contribution in [2.24, 2.45) is 5.92 Å². The molecule has 176 valence electrons. The molecule has 2 aromatic rings. The SMILES string of the molecule is CC1CCN(c2cc(F)c(SNc3cccc(F)n3)c(F)c2Cl)C1.CN1CCN(C)CC1. The van der Waals surface area contributed by atoms with Gasteiger partial charge in [0.1, 0.15) is 21.6 Å². The Kier molecular flexibility index (Phi) is 8.93. The molecule has 2 fully saturated rings. The van der Waals surface area contributed by atoms with Gasteiger partial charge < -0.3 is 19.4 Å². The first-order valence-corrected chi connectivity index (χ1v) is 11.8. The van der Waals surface area contributed by atoms with Crippen molar-refractivity contribution in [1.29, 1.82) is 0 Å². The maximum atomic E-state index is 14.5. The lowest BCUT2D eigenvalue weighted by atomic mass is 10.2. The van der Waals surface area contributed by atoms with Gasteiger partial charge in [-0.05, 0) is 50.5 Å². The highest BCUT2D eigenvalue weighted by Crippen LogP contribution is 2.38. The van der Waals surface area contributed by atoms with Crippen LogP contribution >= 0.6 is 23.5 Å². The summed E-state index contributed by atoms with van der Waals surface area (Å²) in [6, 6.07) is 5.36. The number of anilines is 2. The maximum absolute atomic E-state index is 14.5. The number of hydrogen-bond acceptors (Lipinski definition) is 6. The molecule has 2 saturated heterocycles. The van der Waals surface area contributed by atoms with Crippen LogP contribution in [0, 0.1) is 23.5 Å². The molecule has 1 aromatic carbocycles. The predicted molar refractivity (Wildman–Crippen MR) is 126 cm³/mol. The second kappa shape index (κ2) is 11.4. The quantitative estimate of drug-likeness (QED) is 0.372. The lowest BCUT2D eigenvalue weighted by molar-refractivity contribution is 0.181. The van der Waals surface area contributed by atoms with Gasteiger partial charge in [0.25, 0.3) is 0 Å². The maximum Gasteiger partial charge on any atom is 0.214 e. The molecule has 2 aliphatic rings. The molecule has 1 aromatic heterocycles. The van der Waals surface area contributed by atoms with Gasteiger partial charge in [-0.3, -0.25) is 0 Å². The van der Waals surface area contributed by atoms with E-state index in [0.717, 1.165) is 19.5 Å². The van der Waals surface area contributed by atoms with Crippen LogP contribution in [0.25, 0.3) is 0 Å². The highest BCUT2D eigenvalue weighted by atomic mass is 35.5. The summed E-state index contributed by atoms with van der Waals surface area (Å²) in [6.07, 6.45) is 0.961. The van der Waals surface area contributed by atoms with Crippen LogP contribution in [0.15, 0.2) is 29.2 Å². The zero-order valence-electron chi connectivity index (χ0n) is 18.5. The Balaban J connectivity index is 0.000000305. The van der Waals surface area contributed by atoms with Gasteiger partial charge in [-0.25, -0.2) is 13.8 Å². The van der Waals surface area contributed by atoms with Crippen LogP contribution in [0.4, 0.5) is 24.7 Å². The molecule has 0 aliphatic carbocycles. The van der Waals surface area contributed by atoms with Gasteiger partial charge in [0.2, 0.25) is 5.95 Å². The summed E-state index contributed by atoms with van der Waals surface area (Å²) in [6.45, 7) is 8.45. The number of likely N-dealkylation sites (N-methyl/N-ethyl adjacent to an activating group) is 2. The molecule has 1 N–H and O–H groups in total. The first-order valence-electron chi connectivity index (χ1n) is 10.6. The van der Waals surface area contributed by atoms with Crippen molar-refractivity contribution in [2.75, 3.05) is 63.0 Å². The molecule has 4 rings (SSSR count). The Morgan fingerprint density at radius 1 is 1.06 bits per heavy atom. The highest BCUT2D eigenvalue weighted by molar-refractivity contribution is 8.00. The molecular formula is C22H29ClF3N5S. The number of piperazine rings is 1. The van der Waals surface area contributed by atoms with Crippen molar-refractivity contribution in [1.82, 2.24) is 14.8 Å². The first kappa shape index (κ1) is 25.0. The van der Waals surface area contributed by atoms with E-state index in [1.54, 1.807) is 0 Å². The minimum atomic E-state index is -0.833. The van der Waals surface area contributed by atoms with Crippen molar-refractivity contribution in [3.05, 3.63) is 46.9 Å². The first-order chi connectivity index (χ1) is 15.2. The van der Waals surface area contributed by atoms with Crippen molar-refractivity contribution in [3.63, 3.8) is 0 Å². The van der Waals surface area contributed by atoms with Gasteiger partial charge >= 0.3 is 0 Å². The Hall–Kier alpha value is -1.68. The number of benzene rings is 1. The number of rotatable bonds is 4. The third-order valence-corrected chi connectivity index (χ3v) is 6.81. The van der Waals surface area contributed by atoms with Crippen molar-refractivity contribution < 1.29 is 13.2 Å². The van der Waals surface area contributed by atoms with Gasteiger partial charge in [-0.1, -0.05) is 24.6 Å². The monoisotopic (exact) mass is 487 g/mol. The Labute approximate surface area is 197 Å². The molecule has 0 bridgehead atoms. The minimum Gasteiger partial charge on any atom is -0.370 e. The van der Waals surface area contributed by atoms with Crippen LogP contribution in [-0.2, 0) is 0 Å². The van der Waals surface area contributed by atoms with Gasteiger partial charge in [-0.15, -0.1) is 0 Å². The summed E-state index contributed by atoms with van der Waals surface area (Å²) in [4.78, 5) is 9.90. The van der Waals surface area contributed by atoms with E-state index in [-0.39, 0.29) is 15.7 Å². The standard InChI is InChI=1S/C16H15ClF3N3S.C6H14N2/c1-9-5-6-23(8-9)11-7-10(18)16(15(20)14(11)17)24-22-13-4-2-3-12(19)21-13;1-7-3-5-8(2)6-4-7/h2-4,7,9H,5-6,8H2,1H3,(H,21,22);3-6H2,1-2H3. The summed E-state index contributed by atoms with van der Waals surface area (Å²) >= 11 is 6.77. The molecule has 5 nitrogen and oxygen atoms in total. The summed E-state index contributed by atoms with van der Waals surface area (Å²) < 4.78 is 44.5. The summed E-state index contributed by atoms with van der Waals surface area (Å²) in [5.74, 6) is -1.62. The normalized spacial score (nSPS) is 19.6. The fourth-order valence-corrected chi connectivity index (χ4v) is 4.51. The smallest absolute Gasteiger partial charge is 0.214 e. The van der Waals surface area contributed by atoms with E-state index in [4.69, 9.17) is 11.6 Å². The Bertz CT molecular complexity index is 901. The van der Waals surface area contributed by atoms with Crippen LogP contribution in [0.1, 0.15) is 13.3 Å². The molecule has 0 radical (unpaired) electrons. The van der Waals surface area contributed by atoms with Crippen LogP contribution in [0.2, 0.25) is 5.02 Å². The van der Waals surface area contributed by atoms with E-state index in [0.29, 0.717) is 23.6 Å². The van der Waals surface area contributed by atoms with E-state index in [1.807, 2.05) is 4.90 Å². The zero-order chi connectivity index (χ0) is 23.3. The topological polar surface area (TPSA) is 34.6 Å². The van der Waals surface area contributed by atoms with Crippen molar-refractivity contribution in [2.45, 2.75) is 18.2 Å². The van der Waals surface area contributed by atoms with E-state index >= 15 is 0 Å². The zero-order valence-corrected chi connectivity index (χ0v) is 20.1. The van der Waals surface area contributed by atoms with Crippen molar-refractivity contribution in [3.8, 4) is 0 Å². The Morgan fingerprint density at radius 3 is 2.28 bits per heavy atom. The minimum absolute atomic E-state index is 0.109. The number of pyridine rings is 1. The molecule has 0 spiro atoms. The van der Waals surface area contributed by atoms with E-state index in [2.05, 4.69) is 40.5 Å². The second-order valence-electron chi connectivity index (χ2n) is 8.33. The van der Waals surface area contributed by atoms with Crippen LogP contribution in [0.5, 0.6) is 0 Å². The van der Waals surface area contributed by atoms with Gasteiger partial charge in [0.15, 0.2) is 5.82 Å². The largest absolute Gasteiger partial charge is 0.370 e. The number of nitrogens with zero attached hydrogens (tertiary/aromatic N) is 4. The van der Waals surface area contributed by atoms with Crippen LogP contribution in [0.3, 0.4) is 0 Å². The second-order valence-corrected chi connectivity index (χ2v) is 9.53. The van der Waals surface area contributed by atoms with Gasteiger partial charge in [0, 0.05) is 45.3 Å². The molecular weight excluding hydrogens is 459 g/mol. The van der Waals surface area contributed by atoms with Crippen molar-refractivity contribution >= 4 is 35.1 Å². The molecule has 2 aliphatic heterocycles. The predicted octanol–water partition coefficient (Wildman–Crippen LogP) is 4.98. The summed E-state index contributed by atoms with van der Waals surface area (Å²) in [7, 11) is 4.35. The molecule has 32 heavy (non-hydrogen) atoms. The number of aromatic nitrogens is 1. The Morgan fingerprint density at radius 2 is 1.72 bits per heavy atom. The summed E-state index contributed by atoms with van der Waals surface area (Å²) in [5, 5.41) is -0.109. The fraction of sp³-hybridized carbons (Fsp3) is 0.500. The lowest BCUT2D eigenvalue weighted by Crippen LogP contribution is -2.42. The highest BCUT2D eigenvalue weighted by Gasteiger charge is 2.25. The van der Waals surface area contributed by atoms with E-state index in [1.165, 1.54) is 50.4 Å². The molecule has 0 saturated carbocycles. The third kappa shape index (κ3) is 6.66. The van der Waals surface area contributed by atoms with Crippen LogP contribution in [-0.4, -0.2) is 68.1 Å². The molecule has 0 amide bonds. The fourth-order valence-electron chi connectivity index (χ4n) is 3.52. The third-order valence-electron chi connectivity index (χ3n) is 5.56. The van der Waals surface area contributed by atoms with E-state index in [9.17, 15) is 13.2 Å². The van der Waals surface area contributed by atoms with Gasteiger partial charge in [-0.2, -0.15) is 4.39 Å². The van der Waals surface area contributed by atoms with E-state index < -0.39 is 17.6 Å². The number of halogens is 4.